The summed E-state index contributed by atoms with van der Waals surface area (Å²) in [5.74, 6) is -1.25. The van der Waals surface area contributed by atoms with Crippen molar-refractivity contribution in [3.63, 3.8) is 0 Å². The van der Waals surface area contributed by atoms with Gasteiger partial charge in [-0.3, -0.25) is 4.79 Å². The standard InChI is InChI=1S/C13H15NO3/c1-9-4-3-5-11(8-9)6-7-12(15)17-10(2)13(14)16/h3-8,10H,1-2H3,(H2,14,16)/b7-6+/t10-/m0/s1. The van der Waals surface area contributed by atoms with Gasteiger partial charge in [0, 0.05) is 6.08 Å². The van der Waals surface area contributed by atoms with E-state index in [1.807, 2.05) is 31.2 Å². The van der Waals surface area contributed by atoms with E-state index in [0.717, 1.165) is 11.1 Å². The zero-order chi connectivity index (χ0) is 12.8. The molecule has 1 rings (SSSR count). The molecule has 0 aliphatic rings. The molecule has 0 saturated heterocycles. The van der Waals surface area contributed by atoms with E-state index in [9.17, 15) is 9.59 Å². The van der Waals surface area contributed by atoms with Crippen LogP contribution in [0.5, 0.6) is 0 Å². The van der Waals surface area contributed by atoms with Crippen molar-refractivity contribution in [3.8, 4) is 0 Å². The van der Waals surface area contributed by atoms with Gasteiger partial charge in [0.1, 0.15) is 0 Å². The number of amides is 1. The van der Waals surface area contributed by atoms with E-state index in [1.165, 1.54) is 13.0 Å². The number of primary amides is 1. The molecule has 0 aromatic heterocycles. The van der Waals surface area contributed by atoms with Crippen LogP contribution >= 0.6 is 0 Å². The minimum Gasteiger partial charge on any atom is -0.449 e. The van der Waals surface area contributed by atoms with Crippen molar-refractivity contribution < 1.29 is 14.3 Å². The van der Waals surface area contributed by atoms with Crippen LogP contribution in [0.3, 0.4) is 0 Å². The zero-order valence-corrected chi connectivity index (χ0v) is 9.84. The number of carbonyl (C=O) groups is 2. The number of nitrogens with two attached hydrogens (primary N) is 1. The van der Waals surface area contributed by atoms with E-state index in [0.29, 0.717) is 0 Å². The van der Waals surface area contributed by atoms with Crippen LogP contribution < -0.4 is 5.73 Å². The summed E-state index contributed by atoms with van der Waals surface area (Å²) >= 11 is 0. The second-order valence-electron chi connectivity index (χ2n) is 3.73. The molecule has 4 nitrogen and oxygen atoms in total. The third kappa shape index (κ3) is 4.51. The molecule has 0 fully saturated rings. The molecule has 2 N–H and O–H groups in total. The first-order valence-electron chi connectivity index (χ1n) is 5.23. The van der Waals surface area contributed by atoms with Crippen LogP contribution in [-0.2, 0) is 14.3 Å². The Balaban J connectivity index is 2.59. The second kappa shape index (κ2) is 5.84. The number of aryl methyl sites for hydroxylation is 1. The number of esters is 1. The fraction of sp³-hybridized carbons (Fsp3) is 0.231. The minimum absolute atomic E-state index is 0.585. The quantitative estimate of drug-likeness (QED) is 0.631. The highest BCUT2D eigenvalue weighted by molar-refractivity contribution is 5.89. The molecule has 0 spiro atoms. The summed E-state index contributed by atoms with van der Waals surface area (Å²) in [5.41, 5.74) is 6.97. The van der Waals surface area contributed by atoms with Gasteiger partial charge in [-0.05, 0) is 25.5 Å². The number of rotatable bonds is 4. The number of hydrogen-bond acceptors (Lipinski definition) is 3. The average Bonchev–Trinajstić information content (AvgIpc) is 2.26. The van der Waals surface area contributed by atoms with E-state index in [4.69, 9.17) is 10.5 Å². The van der Waals surface area contributed by atoms with Gasteiger partial charge in [-0.15, -0.1) is 0 Å². The van der Waals surface area contributed by atoms with Crippen LogP contribution in [0.15, 0.2) is 30.3 Å². The van der Waals surface area contributed by atoms with Crippen LogP contribution in [-0.4, -0.2) is 18.0 Å². The highest BCUT2D eigenvalue weighted by atomic mass is 16.5. The molecule has 1 aromatic carbocycles. The maximum atomic E-state index is 11.3. The van der Waals surface area contributed by atoms with E-state index in [1.54, 1.807) is 6.08 Å². The molecule has 90 valence electrons. The lowest BCUT2D eigenvalue weighted by atomic mass is 10.1. The highest BCUT2D eigenvalue weighted by Crippen LogP contribution is 2.06. The lowest BCUT2D eigenvalue weighted by Crippen LogP contribution is -2.29. The van der Waals surface area contributed by atoms with Crippen LogP contribution in [0.2, 0.25) is 0 Å². The smallest absolute Gasteiger partial charge is 0.331 e. The molecule has 1 aromatic rings. The molecular formula is C13H15NO3. The van der Waals surface area contributed by atoms with E-state index in [2.05, 4.69) is 0 Å². The van der Waals surface area contributed by atoms with Gasteiger partial charge in [-0.2, -0.15) is 0 Å². The van der Waals surface area contributed by atoms with Crippen molar-refractivity contribution in [3.05, 3.63) is 41.5 Å². The predicted octanol–water partition coefficient (Wildman–Crippen LogP) is 1.43. The fourth-order valence-electron chi connectivity index (χ4n) is 1.21. The van der Waals surface area contributed by atoms with Crippen molar-refractivity contribution in [2.75, 3.05) is 0 Å². The van der Waals surface area contributed by atoms with E-state index < -0.39 is 18.0 Å². The van der Waals surface area contributed by atoms with Gasteiger partial charge in [0.05, 0.1) is 0 Å². The molecule has 0 bridgehead atoms. The van der Waals surface area contributed by atoms with Gasteiger partial charge in [0.15, 0.2) is 6.10 Å². The van der Waals surface area contributed by atoms with Crippen molar-refractivity contribution >= 4 is 18.0 Å². The second-order valence-corrected chi connectivity index (χ2v) is 3.73. The first-order valence-corrected chi connectivity index (χ1v) is 5.23. The maximum absolute atomic E-state index is 11.3. The summed E-state index contributed by atoms with van der Waals surface area (Å²) < 4.78 is 4.76. The molecule has 0 aliphatic heterocycles. The van der Waals surface area contributed by atoms with Gasteiger partial charge in [0.25, 0.3) is 5.91 Å². The molecule has 0 aliphatic carbocycles. The molecule has 4 heteroatoms. The monoisotopic (exact) mass is 233 g/mol. The molecule has 1 atom stereocenters. The summed E-state index contributed by atoms with van der Waals surface area (Å²) in [6, 6.07) is 7.66. The van der Waals surface area contributed by atoms with Gasteiger partial charge >= 0.3 is 5.97 Å². The Morgan fingerprint density at radius 2 is 2.12 bits per heavy atom. The van der Waals surface area contributed by atoms with Crippen molar-refractivity contribution in [1.29, 1.82) is 0 Å². The van der Waals surface area contributed by atoms with E-state index >= 15 is 0 Å². The highest BCUT2D eigenvalue weighted by Gasteiger charge is 2.11. The van der Waals surface area contributed by atoms with Crippen LogP contribution in [0.25, 0.3) is 6.08 Å². The summed E-state index contributed by atoms with van der Waals surface area (Å²) in [6.07, 6.45) is 1.99. The lowest BCUT2D eigenvalue weighted by Gasteiger charge is -2.06. The molecule has 0 radical (unpaired) electrons. The Kier molecular flexibility index (Phi) is 4.46. The SMILES string of the molecule is Cc1cccc(/C=C/C(=O)O[C@@H](C)C(N)=O)c1. The molecule has 0 heterocycles. The third-order valence-corrected chi connectivity index (χ3v) is 2.15. The average molecular weight is 233 g/mol. The molecule has 17 heavy (non-hydrogen) atoms. The largest absolute Gasteiger partial charge is 0.449 e. The van der Waals surface area contributed by atoms with Crippen molar-refractivity contribution in [2.24, 2.45) is 5.73 Å². The Bertz CT molecular complexity index is 452. The fourth-order valence-corrected chi connectivity index (χ4v) is 1.21. The minimum atomic E-state index is -0.912. The first-order chi connectivity index (χ1) is 7.99. The molecule has 0 unspecified atom stereocenters. The third-order valence-electron chi connectivity index (χ3n) is 2.15. The Hall–Kier alpha value is -2.10. The summed E-state index contributed by atoms with van der Waals surface area (Å²) in [6.45, 7) is 3.39. The zero-order valence-electron chi connectivity index (χ0n) is 9.84. The van der Waals surface area contributed by atoms with Gasteiger partial charge < -0.3 is 10.5 Å². The summed E-state index contributed by atoms with van der Waals surface area (Å²) in [5, 5.41) is 0. The van der Waals surface area contributed by atoms with Gasteiger partial charge in [0.2, 0.25) is 0 Å². The van der Waals surface area contributed by atoms with E-state index in [-0.39, 0.29) is 0 Å². The lowest BCUT2D eigenvalue weighted by molar-refractivity contribution is -0.148. The number of benzene rings is 1. The van der Waals surface area contributed by atoms with Crippen molar-refractivity contribution in [1.82, 2.24) is 0 Å². The molecule has 1 amide bonds. The molecule has 0 saturated carbocycles. The molecular weight excluding hydrogens is 218 g/mol. The number of hydrogen-bond donors (Lipinski definition) is 1. The van der Waals surface area contributed by atoms with Gasteiger partial charge in [-0.25, -0.2) is 4.79 Å². The predicted molar refractivity (Wildman–Crippen MR) is 65.0 cm³/mol. The van der Waals surface area contributed by atoms with Gasteiger partial charge in [-0.1, -0.05) is 29.8 Å². The Labute approximate surface area is 100 Å². The normalized spacial score (nSPS) is 12.4. The van der Waals surface area contributed by atoms with Crippen molar-refractivity contribution in [2.45, 2.75) is 20.0 Å². The van der Waals surface area contributed by atoms with Crippen LogP contribution in [0, 0.1) is 6.92 Å². The summed E-state index contributed by atoms with van der Waals surface area (Å²) in [4.78, 5) is 22.0. The first kappa shape index (κ1) is 13.0. The Morgan fingerprint density at radius 1 is 1.41 bits per heavy atom. The van der Waals surface area contributed by atoms with Crippen LogP contribution in [0.4, 0.5) is 0 Å². The summed E-state index contributed by atoms with van der Waals surface area (Å²) in [7, 11) is 0. The van der Waals surface area contributed by atoms with Crippen LogP contribution in [0.1, 0.15) is 18.1 Å². The Morgan fingerprint density at radius 3 is 2.71 bits per heavy atom. The number of ether oxygens (including phenoxy) is 1. The topological polar surface area (TPSA) is 69.4 Å². The number of carbonyl (C=O) groups excluding carboxylic acids is 2. The maximum Gasteiger partial charge on any atom is 0.331 e.